The summed E-state index contributed by atoms with van der Waals surface area (Å²) in [6.45, 7) is 3.33. The smallest absolute Gasteiger partial charge is 0.382 e. The SMILES string of the molecule is Nc1ncnn2c(CN3CCOCC3)cc(-c3ccc(NC(=O)Nc4cc(C(F)(F)F)ccc4F)c(C=O)c3)c12. The Morgan fingerprint density at radius 3 is 2.55 bits per heavy atom. The molecule has 1 fully saturated rings. The van der Waals surface area contributed by atoms with Crippen LogP contribution in [0.25, 0.3) is 16.6 Å². The summed E-state index contributed by atoms with van der Waals surface area (Å²) in [4.78, 5) is 30.7. The van der Waals surface area contributed by atoms with Crippen LogP contribution in [0.4, 0.5) is 39.5 Å². The van der Waals surface area contributed by atoms with Crippen molar-refractivity contribution in [1.29, 1.82) is 0 Å². The predicted molar refractivity (Wildman–Crippen MR) is 138 cm³/mol. The number of urea groups is 1. The molecule has 0 aliphatic carbocycles. The fraction of sp³-hybridized carbons (Fsp3) is 0.231. The second kappa shape index (κ2) is 10.9. The Kier molecular flexibility index (Phi) is 7.36. The molecule has 0 atom stereocenters. The molecule has 1 aliphatic heterocycles. The van der Waals surface area contributed by atoms with Gasteiger partial charge >= 0.3 is 12.2 Å². The van der Waals surface area contributed by atoms with Crippen LogP contribution < -0.4 is 16.4 Å². The first-order valence-corrected chi connectivity index (χ1v) is 12.1. The van der Waals surface area contributed by atoms with Gasteiger partial charge in [0, 0.05) is 30.8 Å². The zero-order valence-corrected chi connectivity index (χ0v) is 20.8. The van der Waals surface area contributed by atoms with Gasteiger partial charge in [-0.15, -0.1) is 0 Å². The van der Waals surface area contributed by atoms with Gasteiger partial charge in [-0.05, 0) is 42.0 Å². The van der Waals surface area contributed by atoms with E-state index in [0.717, 1.165) is 18.8 Å². The Bertz CT molecular complexity index is 1580. The van der Waals surface area contributed by atoms with E-state index in [1.54, 1.807) is 10.6 Å². The number of hydrogen-bond acceptors (Lipinski definition) is 7. The first-order valence-electron chi connectivity index (χ1n) is 12.1. The van der Waals surface area contributed by atoms with Crippen molar-refractivity contribution in [3.05, 3.63) is 71.4 Å². The third kappa shape index (κ3) is 5.58. The van der Waals surface area contributed by atoms with E-state index in [1.807, 2.05) is 6.07 Å². The van der Waals surface area contributed by atoms with Gasteiger partial charge in [0.25, 0.3) is 0 Å². The number of halogens is 4. The van der Waals surface area contributed by atoms with Crippen LogP contribution in [0.3, 0.4) is 0 Å². The van der Waals surface area contributed by atoms with E-state index in [4.69, 9.17) is 10.5 Å². The molecule has 0 unspecified atom stereocenters. The fourth-order valence-corrected chi connectivity index (χ4v) is 4.47. The lowest BCUT2D eigenvalue weighted by Gasteiger charge is -2.26. The van der Waals surface area contributed by atoms with Crippen molar-refractivity contribution >= 4 is 35.0 Å². The molecule has 0 saturated carbocycles. The van der Waals surface area contributed by atoms with Crippen molar-refractivity contribution in [2.24, 2.45) is 0 Å². The van der Waals surface area contributed by atoms with E-state index < -0.39 is 29.3 Å². The number of carbonyl (C=O) groups excluding carboxylic acids is 2. The number of morpholine rings is 1. The highest BCUT2D eigenvalue weighted by molar-refractivity contribution is 6.03. The molecule has 5 rings (SSSR count). The van der Waals surface area contributed by atoms with Gasteiger partial charge in [0.05, 0.1) is 35.8 Å². The zero-order valence-electron chi connectivity index (χ0n) is 20.8. The summed E-state index contributed by atoms with van der Waals surface area (Å²) in [5.74, 6) is -0.821. The van der Waals surface area contributed by atoms with Gasteiger partial charge in [-0.1, -0.05) is 6.07 Å². The summed E-state index contributed by atoms with van der Waals surface area (Å²) >= 11 is 0. The van der Waals surface area contributed by atoms with Gasteiger partial charge in [0.2, 0.25) is 0 Å². The third-order valence-electron chi connectivity index (χ3n) is 6.43. The number of benzene rings is 2. The molecule has 2 aromatic heterocycles. The number of anilines is 3. The largest absolute Gasteiger partial charge is 0.416 e. The molecule has 1 aliphatic rings. The molecule has 40 heavy (non-hydrogen) atoms. The van der Waals surface area contributed by atoms with Crippen molar-refractivity contribution in [3.8, 4) is 11.1 Å². The minimum atomic E-state index is -4.72. The first-order chi connectivity index (χ1) is 19.1. The minimum absolute atomic E-state index is 0.0601. The number of alkyl halides is 3. The maximum Gasteiger partial charge on any atom is 0.416 e. The van der Waals surface area contributed by atoms with Gasteiger partial charge in [-0.25, -0.2) is 18.7 Å². The number of nitrogen functional groups attached to an aromatic ring is 1. The number of nitrogens with one attached hydrogen (secondary N) is 2. The molecule has 14 heteroatoms. The average molecular weight is 558 g/mol. The topological polar surface area (TPSA) is 127 Å². The van der Waals surface area contributed by atoms with Crippen LogP contribution >= 0.6 is 0 Å². The Morgan fingerprint density at radius 2 is 1.82 bits per heavy atom. The summed E-state index contributed by atoms with van der Waals surface area (Å²) < 4.78 is 60.1. The molecule has 2 aromatic carbocycles. The van der Waals surface area contributed by atoms with E-state index in [2.05, 4.69) is 25.6 Å². The number of rotatable bonds is 6. The van der Waals surface area contributed by atoms with Gasteiger partial charge in [0.1, 0.15) is 17.7 Å². The Hall–Kier alpha value is -4.56. The second-order valence-electron chi connectivity index (χ2n) is 9.03. The minimum Gasteiger partial charge on any atom is -0.382 e. The summed E-state index contributed by atoms with van der Waals surface area (Å²) in [7, 11) is 0. The van der Waals surface area contributed by atoms with Gasteiger partial charge in [0.15, 0.2) is 12.1 Å². The van der Waals surface area contributed by atoms with Crippen LogP contribution in [0.1, 0.15) is 21.6 Å². The highest BCUT2D eigenvalue weighted by Crippen LogP contribution is 2.34. The number of ether oxygens (including phenoxy) is 1. The lowest BCUT2D eigenvalue weighted by molar-refractivity contribution is -0.137. The Labute approximate surface area is 224 Å². The monoisotopic (exact) mass is 557 g/mol. The van der Waals surface area contributed by atoms with Crippen LogP contribution in [0.5, 0.6) is 0 Å². The molecule has 3 heterocycles. The van der Waals surface area contributed by atoms with Crippen molar-refractivity contribution in [2.75, 3.05) is 42.7 Å². The number of amides is 2. The number of nitrogens with zero attached hydrogens (tertiary/aromatic N) is 4. The molecule has 10 nitrogen and oxygen atoms in total. The molecular formula is C26H23F4N7O3. The van der Waals surface area contributed by atoms with Crippen molar-refractivity contribution < 1.29 is 31.9 Å². The molecule has 4 aromatic rings. The summed E-state index contributed by atoms with van der Waals surface area (Å²) in [5.41, 5.74) is 7.16. The molecular weight excluding hydrogens is 534 g/mol. The van der Waals surface area contributed by atoms with E-state index in [1.165, 1.54) is 18.5 Å². The lowest BCUT2D eigenvalue weighted by atomic mass is 10.0. The number of fused-ring (bicyclic) bond motifs is 1. The second-order valence-corrected chi connectivity index (χ2v) is 9.03. The van der Waals surface area contributed by atoms with Gasteiger partial charge in [-0.3, -0.25) is 9.69 Å². The Balaban J connectivity index is 1.42. The van der Waals surface area contributed by atoms with E-state index >= 15 is 0 Å². The maximum absolute atomic E-state index is 14.1. The van der Waals surface area contributed by atoms with Crippen LogP contribution in [0.15, 0.2) is 48.8 Å². The van der Waals surface area contributed by atoms with E-state index in [0.29, 0.717) is 60.9 Å². The van der Waals surface area contributed by atoms with Crippen molar-refractivity contribution in [2.45, 2.75) is 12.7 Å². The maximum atomic E-state index is 14.1. The molecule has 1 saturated heterocycles. The first kappa shape index (κ1) is 27.0. The molecule has 0 bridgehead atoms. The van der Waals surface area contributed by atoms with Crippen LogP contribution in [-0.4, -0.2) is 58.1 Å². The number of hydrogen-bond donors (Lipinski definition) is 3. The van der Waals surface area contributed by atoms with Crippen LogP contribution in [0.2, 0.25) is 0 Å². The number of aromatic nitrogens is 3. The predicted octanol–water partition coefficient (Wildman–Crippen LogP) is 4.43. The number of aldehydes is 1. The average Bonchev–Trinajstić information content (AvgIpc) is 3.29. The normalized spacial score (nSPS) is 14.3. The lowest BCUT2D eigenvalue weighted by Crippen LogP contribution is -2.36. The number of carbonyl (C=O) groups is 2. The molecule has 0 radical (unpaired) electrons. The quantitative estimate of drug-likeness (QED) is 0.237. The standard InChI is InChI=1S/C26H23F4N7O3/c27-20-3-2-17(26(28,29)30)10-22(20)35-25(39)34-21-4-1-15(9-16(21)13-38)19-11-18(12-36-5-7-40-8-6-36)37-23(19)24(31)32-14-33-37/h1-4,9-11,13-14H,5-8,12H2,(H2,31,32,33)(H2,34,35,39). The summed E-state index contributed by atoms with van der Waals surface area (Å²) in [5, 5.41) is 8.78. The third-order valence-corrected chi connectivity index (χ3v) is 6.43. The summed E-state index contributed by atoms with van der Waals surface area (Å²) in [6, 6.07) is 7.13. The van der Waals surface area contributed by atoms with Crippen molar-refractivity contribution in [3.63, 3.8) is 0 Å². The van der Waals surface area contributed by atoms with E-state index in [-0.39, 0.29) is 17.1 Å². The molecule has 0 spiro atoms. The molecule has 4 N–H and O–H groups in total. The van der Waals surface area contributed by atoms with Crippen LogP contribution in [-0.2, 0) is 17.5 Å². The van der Waals surface area contributed by atoms with Crippen LogP contribution in [0, 0.1) is 5.82 Å². The van der Waals surface area contributed by atoms with Gasteiger partial charge in [-0.2, -0.15) is 18.3 Å². The highest BCUT2D eigenvalue weighted by atomic mass is 19.4. The number of nitrogens with two attached hydrogens (primary N) is 1. The molecule has 2 amide bonds. The Morgan fingerprint density at radius 1 is 1.07 bits per heavy atom. The fourth-order valence-electron chi connectivity index (χ4n) is 4.47. The summed E-state index contributed by atoms with van der Waals surface area (Å²) in [6.07, 6.45) is -2.86. The van der Waals surface area contributed by atoms with Gasteiger partial charge < -0.3 is 21.1 Å². The highest BCUT2D eigenvalue weighted by Gasteiger charge is 2.31. The molecule has 208 valence electrons. The van der Waals surface area contributed by atoms with E-state index in [9.17, 15) is 27.2 Å². The zero-order chi connectivity index (χ0) is 28.4. The van der Waals surface area contributed by atoms with Crippen molar-refractivity contribution in [1.82, 2.24) is 19.5 Å².